The monoisotopic (exact) mass is 423 g/mol. The molecule has 3 aromatic carbocycles. The highest BCUT2D eigenvalue weighted by molar-refractivity contribution is 6.03. The van der Waals surface area contributed by atoms with E-state index in [4.69, 9.17) is 0 Å². The van der Waals surface area contributed by atoms with Crippen molar-refractivity contribution in [2.75, 3.05) is 5.32 Å². The number of halogens is 1. The molecule has 0 unspecified atom stereocenters. The highest BCUT2D eigenvalue weighted by Gasteiger charge is 2.18. The smallest absolute Gasteiger partial charge is 0.276 e. The fourth-order valence-corrected chi connectivity index (χ4v) is 3.53. The van der Waals surface area contributed by atoms with Crippen LogP contribution in [0.25, 0.3) is 28.0 Å². The van der Waals surface area contributed by atoms with Gasteiger partial charge in [-0.25, -0.2) is 9.07 Å². The molecule has 0 fully saturated rings. The van der Waals surface area contributed by atoms with Gasteiger partial charge in [0, 0.05) is 18.0 Å². The summed E-state index contributed by atoms with van der Waals surface area (Å²) in [6.07, 6.45) is 3.28. The van der Waals surface area contributed by atoms with E-state index < -0.39 is 11.7 Å². The number of hydrogen-bond donors (Lipinski definition) is 1. The van der Waals surface area contributed by atoms with Crippen LogP contribution >= 0.6 is 0 Å². The molecule has 1 amide bonds. The largest absolute Gasteiger partial charge is 0.318 e. The Morgan fingerprint density at radius 3 is 2.53 bits per heavy atom. The fourth-order valence-electron chi connectivity index (χ4n) is 3.53. The number of aromatic nitrogens is 4. The number of rotatable bonds is 4. The summed E-state index contributed by atoms with van der Waals surface area (Å²) in [5.74, 6) is -1.00. The Hall–Kier alpha value is -4.39. The summed E-state index contributed by atoms with van der Waals surface area (Å²) in [7, 11) is 0. The van der Waals surface area contributed by atoms with Crippen LogP contribution in [0.2, 0.25) is 0 Å². The number of nitrogens with one attached hydrogen (secondary N) is 1. The Kier molecular flexibility index (Phi) is 4.91. The average Bonchev–Trinajstić information content (AvgIpc) is 3.26. The number of carbonyl (C=O) groups excluding carboxylic acids is 1. The number of carbonyl (C=O) groups is 1. The van der Waals surface area contributed by atoms with Gasteiger partial charge in [-0.15, -0.1) is 0 Å². The highest BCUT2D eigenvalue weighted by atomic mass is 19.1. The lowest BCUT2D eigenvalue weighted by atomic mass is 10.1. The van der Waals surface area contributed by atoms with Gasteiger partial charge in [0.05, 0.1) is 28.1 Å². The normalized spacial score (nSPS) is 10.9. The molecule has 6 nitrogen and oxygen atoms in total. The van der Waals surface area contributed by atoms with E-state index in [0.29, 0.717) is 5.69 Å². The van der Waals surface area contributed by atoms with E-state index in [-0.39, 0.29) is 11.4 Å². The second kappa shape index (κ2) is 8.03. The van der Waals surface area contributed by atoms with Crippen molar-refractivity contribution < 1.29 is 9.18 Å². The number of amides is 1. The number of aryl methyl sites for hydroxylation is 1. The first-order valence-corrected chi connectivity index (χ1v) is 10.0. The third-order valence-corrected chi connectivity index (χ3v) is 5.08. The summed E-state index contributed by atoms with van der Waals surface area (Å²) in [6.45, 7) is 1.99. The number of nitrogens with zero attached hydrogens (tertiary/aromatic N) is 4. The maximum Gasteiger partial charge on any atom is 0.276 e. The second-order valence-corrected chi connectivity index (χ2v) is 7.36. The first-order chi connectivity index (χ1) is 15.6. The molecule has 0 bridgehead atoms. The molecule has 32 heavy (non-hydrogen) atoms. The van der Waals surface area contributed by atoms with E-state index in [1.165, 1.54) is 12.1 Å². The molecule has 0 aliphatic carbocycles. The van der Waals surface area contributed by atoms with Gasteiger partial charge in [0.15, 0.2) is 5.69 Å². The maximum absolute atomic E-state index is 14.0. The molecule has 156 valence electrons. The molecule has 0 atom stereocenters. The van der Waals surface area contributed by atoms with Gasteiger partial charge in [-0.3, -0.25) is 14.8 Å². The van der Waals surface area contributed by atoms with Crippen LogP contribution in [-0.4, -0.2) is 25.7 Å². The van der Waals surface area contributed by atoms with Crippen molar-refractivity contribution in [2.45, 2.75) is 6.92 Å². The zero-order chi connectivity index (χ0) is 22.1. The molecular weight excluding hydrogens is 405 g/mol. The van der Waals surface area contributed by atoms with Crippen molar-refractivity contribution in [2.24, 2.45) is 0 Å². The lowest BCUT2D eigenvalue weighted by Crippen LogP contribution is -2.14. The summed E-state index contributed by atoms with van der Waals surface area (Å²) in [6, 6.07) is 21.2. The zero-order valence-corrected chi connectivity index (χ0v) is 17.2. The van der Waals surface area contributed by atoms with Gasteiger partial charge in [-0.1, -0.05) is 30.3 Å². The molecule has 0 aliphatic heterocycles. The minimum atomic E-state index is -0.507. The number of fused-ring (bicyclic) bond motifs is 1. The van der Waals surface area contributed by atoms with Crippen molar-refractivity contribution in [1.29, 1.82) is 0 Å². The lowest BCUT2D eigenvalue weighted by Gasteiger charge is -2.09. The Labute approximate surface area is 183 Å². The van der Waals surface area contributed by atoms with Crippen LogP contribution in [0.5, 0.6) is 0 Å². The van der Waals surface area contributed by atoms with Crippen LogP contribution in [0.3, 0.4) is 0 Å². The molecule has 2 aromatic heterocycles. The summed E-state index contributed by atoms with van der Waals surface area (Å²) < 4.78 is 15.7. The van der Waals surface area contributed by atoms with Gasteiger partial charge >= 0.3 is 0 Å². The molecule has 0 saturated heterocycles. The Morgan fingerprint density at radius 2 is 1.72 bits per heavy atom. The van der Waals surface area contributed by atoms with Gasteiger partial charge < -0.3 is 5.32 Å². The molecule has 5 aromatic rings. The summed E-state index contributed by atoms with van der Waals surface area (Å²) >= 11 is 0. The van der Waals surface area contributed by atoms with Crippen molar-refractivity contribution in [3.05, 3.63) is 102 Å². The minimum Gasteiger partial charge on any atom is -0.318 e. The van der Waals surface area contributed by atoms with E-state index in [0.717, 1.165) is 27.8 Å². The predicted molar refractivity (Wildman–Crippen MR) is 121 cm³/mol. The molecule has 2 heterocycles. The summed E-state index contributed by atoms with van der Waals surface area (Å²) in [4.78, 5) is 21.6. The standard InChI is InChI=1S/C25H18FN5O/c1-16-5-4-6-18(13-16)31-24(17-9-10-21-22(14-17)28-12-11-27-21)15-23(30-31)25(32)29-20-8-3-2-7-19(20)26/h2-15H,1H3,(H,29,32). The SMILES string of the molecule is Cc1cccc(-n2nc(C(=O)Nc3ccccc3F)cc2-c2ccc3nccnc3c2)c1. The van der Waals surface area contributed by atoms with Gasteiger partial charge in [-0.2, -0.15) is 5.10 Å². The molecule has 0 aliphatic rings. The number of hydrogen-bond acceptors (Lipinski definition) is 4. The molecule has 0 radical (unpaired) electrons. The average molecular weight is 423 g/mol. The van der Waals surface area contributed by atoms with Gasteiger partial charge in [0.1, 0.15) is 5.82 Å². The van der Waals surface area contributed by atoms with Crippen molar-refractivity contribution >= 4 is 22.6 Å². The topological polar surface area (TPSA) is 72.7 Å². The van der Waals surface area contributed by atoms with E-state index in [1.807, 2.05) is 49.4 Å². The third-order valence-electron chi connectivity index (χ3n) is 5.08. The van der Waals surface area contributed by atoms with Crippen LogP contribution in [-0.2, 0) is 0 Å². The van der Waals surface area contributed by atoms with E-state index in [1.54, 1.807) is 35.3 Å². The van der Waals surface area contributed by atoms with Crippen molar-refractivity contribution in [3.8, 4) is 16.9 Å². The van der Waals surface area contributed by atoms with Crippen LogP contribution < -0.4 is 5.32 Å². The highest BCUT2D eigenvalue weighted by Crippen LogP contribution is 2.27. The van der Waals surface area contributed by atoms with Crippen LogP contribution in [0.4, 0.5) is 10.1 Å². The van der Waals surface area contributed by atoms with Crippen molar-refractivity contribution in [3.63, 3.8) is 0 Å². The van der Waals surface area contributed by atoms with Gasteiger partial charge in [0.2, 0.25) is 0 Å². The quantitative estimate of drug-likeness (QED) is 0.432. The van der Waals surface area contributed by atoms with E-state index in [2.05, 4.69) is 20.4 Å². The first-order valence-electron chi connectivity index (χ1n) is 10.0. The molecule has 5 rings (SSSR count). The lowest BCUT2D eigenvalue weighted by molar-refractivity contribution is 0.102. The molecule has 0 spiro atoms. The van der Waals surface area contributed by atoms with E-state index >= 15 is 0 Å². The van der Waals surface area contributed by atoms with Crippen molar-refractivity contribution in [1.82, 2.24) is 19.7 Å². The number of para-hydroxylation sites is 1. The molecule has 1 N–H and O–H groups in total. The zero-order valence-electron chi connectivity index (χ0n) is 17.2. The van der Waals surface area contributed by atoms with Gasteiger partial charge in [-0.05, 0) is 55.0 Å². The Balaban J connectivity index is 1.62. The molecule has 7 heteroatoms. The first kappa shape index (κ1) is 19.6. The molecular formula is C25H18FN5O. The van der Waals surface area contributed by atoms with E-state index in [9.17, 15) is 9.18 Å². The summed E-state index contributed by atoms with van der Waals surface area (Å²) in [5.41, 5.74) is 5.19. The van der Waals surface area contributed by atoms with Crippen LogP contribution in [0.15, 0.2) is 85.2 Å². The predicted octanol–water partition coefficient (Wildman–Crippen LogP) is 5.18. The third kappa shape index (κ3) is 3.72. The summed E-state index contributed by atoms with van der Waals surface area (Å²) in [5, 5.41) is 7.15. The second-order valence-electron chi connectivity index (χ2n) is 7.36. The fraction of sp³-hybridized carbons (Fsp3) is 0.0400. The molecule has 0 saturated carbocycles. The Bertz CT molecular complexity index is 1460. The van der Waals surface area contributed by atoms with Crippen LogP contribution in [0, 0.1) is 12.7 Å². The van der Waals surface area contributed by atoms with Gasteiger partial charge in [0.25, 0.3) is 5.91 Å². The maximum atomic E-state index is 14.0. The minimum absolute atomic E-state index is 0.102. The number of benzene rings is 3. The Morgan fingerprint density at radius 1 is 0.906 bits per heavy atom. The van der Waals surface area contributed by atoms with Crippen LogP contribution in [0.1, 0.15) is 16.1 Å². The number of anilines is 1.